The fourth-order valence-electron chi connectivity index (χ4n) is 2.30. The molecule has 0 saturated carbocycles. The van der Waals surface area contributed by atoms with Gasteiger partial charge in [-0.2, -0.15) is 0 Å². The summed E-state index contributed by atoms with van der Waals surface area (Å²) in [5.74, 6) is -1.25. The van der Waals surface area contributed by atoms with Crippen LogP contribution in [-0.4, -0.2) is 49.1 Å². The average Bonchev–Trinajstić information content (AvgIpc) is 2.75. The Kier molecular flexibility index (Phi) is 5.63. The SMILES string of the molecule is CCCS(=O)(=O)c1ccc(Cl)cc1NC1=CC(=O)N(CCO)C1=O. The Hall–Kier alpha value is -1.90. The maximum Gasteiger partial charge on any atom is 0.277 e. The fraction of sp³-hybridized carbons (Fsp3) is 0.333. The molecular weight excluding hydrogens is 356 g/mol. The number of halogens is 1. The predicted octanol–water partition coefficient (Wildman–Crippen LogP) is 1.18. The van der Waals surface area contributed by atoms with Crippen LogP contribution in [0.15, 0.2) is 34.9 Å². The van der Waals surface area contributed by atoms with E-state index in [-0.39, 0.29) is 40.2 Å². The first-order valence-electron chi connectivity index (χ1n) is 7.28. The molecule has 0 radical (unpaired) electrons. The van der Waals surface area contributed by atoms with Crippen molar-refractivity contribution >= 4 is 38.9 Å². The van der Waals surface area contributed by atoms with Crippen LogP contribution in [0.3, 0.4) is 0 Å². The second kappa shape index (κ2) is 7.33. The van der Waals surface area contributed by atoms with Crippen molar-refractivity contribution in [1.82, 2.24) is 4.90 Å². The van der Waals surface area contributed by atoms with Crippen LogP contribution in [0.25, 0.3) is 0 Å². The first kappa shape index (κ1) is 18.4. The van der Waals surface area contributed by atoms with Crippen molar-refractivity contribution in [2.75, 3.05) is 24.2 Å². The van der Waals surface area contributed by atoms with E-state index in [1.165, 1.54) is 18.2 Å². The zero-order valence-electron chi connectivity index (χ0n) is 13.0. The summed E-state index contributed by atoms with van der Waals surface area (Å²) >= 11 is 5.92. The van der Waals surface area contributed by atoms with Crippen molar-refractivity contribution < 1.29 is 23.1 Å². The quantitative estimate of drug-likeness (QED) is 0.696. The topological polar surface area (TPSA) is 104 Å². The number of amides is 2. The van der Waals surface area contributed by atoms with Crippen LogP contribution in [0.2, 0.25) is 5.02 Å². The molecule has 7 nitrogen and oxygen atoms in total. The molecule has 2 N–H and O–H groups in total. The molecule has 24 heavy (non-hydrogen) atoms. The number of nitrogens with one attached hydrogen (secondary N) is 1. The van der Waals surface area contributed by atoms with Crippen molar-refractivity contribution in [3.63, 3.8) is 0 Å². The number of benzene rings is 1. The highest BCUT2D eigenvalue weighted by Crippen LogP contribution is 2.29. The van der Waals surface area contributed by atoms with Gasteiger partial charge in [0.2, 0.25) is 0 Å². The van der Waals surface area contributed by atoms with Crippen LogP contribution in [0.1, 0.15) is 13.3 Å². The molecule has 1 aromatic rings. The van der Waals surface area contributed by atoms with Gasteiger partial charge in [0.15, 0.2) is 9.84 Å². The lowest BCUT2D eigenvalue weighted by Crippen LogP contribution is -2.34. The molecule has 1 aliphatic rings. The summed E-state index contributed by atoms with van der Waals surface area (Å²) < 4.78 is 24.7. The molecule has 2 amide bonds. The monoisotopic (exact) mass is 372 g/mol. The number of aliphatic hydroxyl groups excluding tert-OH is 1. The lowest BCUT2D eigenvalue weighted by atomic mass is 10.3. The van der Waals surface area contributed by atoms with Gasteiger partial charge in [-0.05, 0) is 24.6 Å². The molecule has 0 atom stereocenters. The molecule has 9 heteroatoms. The van der Waals surface area contributed by atoms with Gasteiger partial charge in [-0.25, -0.2) is 8.42 Å². The number of hydrogen-bond acceptors (Lipinski definition) is 6. The number of imide groups is 1. The fourth-order valence-corrected chi connectivity index (χ4v) is 3.95. The van der Waals surface area contributed by atoms with Gasteiger partial charge >= 0.3 is 0 Å². The zero-order valence-corrected chi connectivity index (χ0v) is 14.5. The second-order valence-electron chi connectivity index (χ2n) is 5.16. The molecule has 0 aliphatic carbocycles. The highest BCUT2D eigenvalue weighted by atomic mass is 35.5. The van der Waals surface area contributed by atoms with E-state index in [0.29, 0.717) is 6.42 Å². The number of anilines is 1. The van der Waals surface area contributed by atoms with Gasteiger partial charge in [0, 0.05) is 11.1 Å². The van der Waals surface area contributed by atoms with Crippen LogP contribution in [0.4, 0.5) is 5.69 Å². The number of carbonyl (C=O) groups is 2. The van der Waals surface area contributed by atoms with Crippen LogP contribution < -0.4 is 5.32 Å². The average molecular weight is 373 g/mol. The minimum absolute atomic E-state index is 0.00973. The van der Waals surface area contributed by atoms with Crippen molar-refractivity contribution in [3.05, 3.63) is 35.0 Å². The normalized spacial score (nSPS) is 15.0. The molecule has 0 fully saturated rings. The zero-order chi connectivity index (χ0) is 17.9. The molecule has 1 aromatic carbocycles. The molecule has 0 saturated heterocycles. The van der Waals surface area contributed by atoms with E-state index in [1.807, 2.05) is 0 Å². The number of sulfone groups is 1. The number of carbonyl (C=O) groups excluding carboxylic acids is 2. The minimum atomic E-state index is -3.55. The summed E-state index contributed by atoms with van der Waals surface area (Å²) in [4.78, 5) is 24.8. The van der Waals surface area contributed by atoms with E-state index in [4.69, 9.17) is 16.7 Å². The standard InChI is InChI=1S/C15H17ClN2O5S/c1-2-7-24(22,23)13-4-3-10(16)8-11(13)17-12-9-14(20)18(5-6-19)15(12)21/h3-4,8-9,17,19H,2,5-7H2,1H3. The number of β-amino-alcohol motifs (C(OH)–C–C–N with tert-alkyl or cyclic N) is 1. The van der Waals surface area contributed by atoms with E-state index >= 15 is 0 Å². The van der Waals surface area contributed by atoms with Gasteiger partial charge in [0.05, 0.1) is 29.5 Å². The van der Waals surface area contributed by atoms with Gasteiger partial charge in [-0.15, -0.1) is 0 Å². The third kappa shape index (κ3) is 3.77. The van der Waals surface area contributed by atoms with Gasteiger partial charge < -0.3 is 10.4 Å². The Bertz CT molecular complexity index is 804. The Balaban J connectivity index is 2.37. The van der Waals surface area contributed by atoms with E-state index < -0.39 is 21.7 Å². The van der Waals surface area contributed by atoms with Gasteiger partial charge in [-0.1, -0.05) is 18.5 Å². The highest BCUT2D eigenvalue weighted by Gasteiger charge is 2.31. The lowest BCUT2D eigenvalue weighted by molar-refractivity contribution is -0.137. The molecule has 0 aromatic heterocycles. The third-order valence-corrected chi connectivity index (χ3v) is 5.56. The van der Waals surface area contributed by atoms with E-state index in [0.717, 1.165) is 11.0 Å². The first-order valence-corrected chi connectivity index (χ1v) is 9.31. The van der Waals surface area contributed by atoms with Crippen LogP contribution >= 0.6 is 11.6 Å². The molecule has 1 aliphatic heterocycles. The van der Waals surface area contributed by atoms with Crippen LogP contribution in [-0.2, 0) is 19.4 Å². The summed E-state index contributed by atoms with van der Waals surface area (Å²) in [6.45, 7) is 1.26. The number of hydrogen-bond donors (Lipinski definition) is 2. The maximum atomic E-state index is 12.4. The summed E-state index contributed by atoms with van der Waals surface area (Å²) in [5.41, 5.74) is 0.0675. The number of aliphatic hydroxyl groups is 1. The first-order chi connectivity index (χ1) is 11.3. The van der Waals surface area contributed by atoms with E-state index in [2.05, 4.69) is 5.32 Å². The van der Waals surface area contributed by atoms with E-state index in [9.17, 15) is 18.0 Å². The van der Waals surface area contributed by atoms with Gasteiger partial charge in [0.1, 0.15) is 5.70 Å². The molecule has 2 rings (SSSR count). The number of rotatable bonds is 7. The summed E-state index contributed by atoms with van der Waals surface area (Å²) in [7, 11) is -3.55. The van der Waals surface area contributed by atoms with Crippen LogP contribution in [0, 0.1) is 0 Å². The Morgan fingerprint density at radius 3 is 2.62 bits per heavy atom. The van der Waals surface area contributed by atoms with Gasteiger partial charge in [-0.3, -0.25) is 14.5 Å². The van der Waals surface area contributed by atoms with Gasteiger partial charge in [0.25, 0.3) is 11.8 Å². The molecule has 1 heterocycles. The maximum absolute atomic E-state index is 12.4. The van der Waals surface area contributed by atoms with E-state index in [1.54, 1.807) is 6.92 Å². The van der Waals surface area contributed by atoms with Crippen LogP contribution in [0.5, 0.6) is 0 Å². The predicted molar refractivity (Wildman–Crippen MR) is 89.3 cm³/mol. The Morgan fingerprint density at radius 1 is 1.29 bits per heavy atom. The third-order valence-electron chi connectivity index (χ3n) is 3.35. The van der Waals surface area contributed by atoms with Crippen molar-refractivity contribution in [2.24, 2.45) is 0 Å². The smallest absolute Gasteiger partial charge is 0.277 e. The number of nitrogens with zero attached hydrogens (tertiary/aromatic N) is 1. The van der Waals surface area contributed by atoms with Crippen molar-refractivity contribution in [3.8, 4) is 0 Å². The second-order valence-corrected chi connectivity index (χ2v) is 7.68. The van der Waals surface area contributed by atoms with Crippen molar-refractivity contribution in [2.45, 2.75) is 18.2 Å². The molecule has 0 unspecified atom stereocenters. The Labute approximate surface area is 144 Å². The largest absolute Gasteiger partial charge is 0.395 e. The molecule has 0 bridgehead atoms. The minimum Gasteiger partial charge on any atom is -0.395 e. The van der Waals surface area contributed by atoms with Crippen molar-refractivity contribution in [1.29, 1.82) is 0 Å². The highest BCUT2D eigenvalue weighted by molar-refractivity contribution is 7.91. The Morgan fingerprint density at radius 2 is 2.00 bits per heavy atom. The molecule has 0 spiro atoms. The lowest BCUT2D eigenvalue weighted by Gasteiger charge is -2.15. The summed E-state index contributed by atoms with van der Waals surface area (Å²) in [5, 5.41) is 11.9. The molecular formula is C15H17ClN2O5S. The summed E-state index contributed by atoms with van der Waals surface area (Å²) in [6, 6.07) is 4.20. The molecule has 130 valence electrons. The summed E-state index contributed by atoms with van der Waals surface area (Å²) in [6.07, 6.45) is 1.50.